The molecule has 116 valence electrons. The van der Waals surface area contributed by atoms with E-state index in [2.05, 4.69) is 10.2 Å². The predicted molar refractivity (Wildman–Crippen MR) is 75.4 cm³/mol. The SMILES string of the molecule is CC(C)[C@H](C(=O)N[C@@H](C)C(=O)O)N1C[C@@H](C)O[C@@H](C)C1. The Hall–Kier alpha value is -1.14. The first-order valence-electron chi connectivity index (χ1n) is 7.15. The van der Waals surface area contributed by atoms with E-state index in [-0.39, 0.29) is 30.1 Å². The molecule has 0 unspecified atom stereocenters. The molecule has 1 saturated heterocycles. The quantitative estimate of drug-likeness (QED) is 0.778. The van der Waals surface area contributed by atoms with Gasteiger partial charge in [-0.25, -0.2) is 0 Å². The minimum absolute atomic E-state index is 0.0738. The highest BCUT2D eigenvalue weighted by atomic mass is 16.5. The number of rotatable bonds is 5. The van der Waals surface area contributed by atoms with Crippen molar-refractivity contribution in [3.05, 3.63) is 0 Å². The van der Waals surface area contributed by atoms with Gasteiger partial charge in [-0.1, -0.05) is 13.8 Å². The van der Waals surface area contributed by atoms with Crippen molar-refractivity contribution in [2.24, 2.45) is 5.92 Å². The average Bonchev–Trinajstić information content (AvgIpc) is 2.26. The summed E-state index contributed by atoms with van der Waals surface area (Å²) in [6.07, 6.45) is 0.148. The van der Waals surface area contributed by atoms with Crippen molar-refractivity contribution in [3.63, 3.8) is 0 Å². The van der Waals surface area contributed by atoms with E-state index in [1.54, 1.807) is 0 Å². The van der Waals surface area contributed by atoms with Gasteiger partial charge in [0.25, 0.3) is 0 Å². The van der Waals surface area contributed by atoms with Gasteiger partial charge in [0.15, 0.2) is 0 Å². The van der Waals surface area contributed by atoms with Crippen LogP contribution in [0, 0.1) is 5.92 Å². The second-order valence-electron chi connectivity index (χ2n) is 5.97. The summed E-state index contributed by atoms with van der Waals surface area (Å²) in [5.41, 5.74) is 0. The number of hydrogen-bond acceptors (Lipinski definition) is 4. The lowest BCUT2D eigenvalue weighted by molar-refractivity contribution is -0.144. The third kappa shape index (κ3) is 4.45. The summed E-state index contributed by atoms with van der Waals surface area (Å²) in [4.78, 5) is 25.3. The lowest BCUT2D eigenvalue weighted by Crippen LogP contribution is -2.58. The number of carbonyl (C=O) groups excluding carboxylic acids is 1. The van der Waals surface area contributed by atoms with E-state index < -0.39 is 12.0 Å². The topological polar surface area (TPSA) is 78.9 Å². The number of nitrogens with one attached hydrogen (secondary N) is 1. The second kappa shape index (κ2) is 7.04. The summed E-state index contributed by atoms with van der Waals surface area (Å²) in [6, 6.07) is -1.20. The maximum absolute atomic E-state index is 12.4. The highest BCUT2D eigenvalue weighted by Gasteiger charge is 2.35. The van der Waals surface area contributed by atoms with Gasteiger partial charge >= 0.3 is 5.97 Å². The smallest absolute Gasteiger partial charge is 0.325 e. The van der Waals surface area contributed by atoms with Crippen LogP contribution < -0.4 is 5.32 Å². The molecule has 0 bridgehead atoms. The molecule has 6 heteroatoms. The summed E-state index contributed by atoms with van der Waals surface area (Å²) in [7, 11) is 0. The molecule has 0 aromatic heterocycles. The molecular formula is C14H26N2O4. The Morgan fingerprint density at radius 3 is 2.10 bits per heavy atom. The number of carboxylic acids is 1. The minimum Gasteiger partial charge on any atom is -0.480 e. The number of morpholine rings is 1. The van der Waals surface area contributed by atoms with Crippen molar-refractivity contribution in [2.75, 3.05) is 13.1 Å². The molecular weight excluding hydrogens is 260 g/mol. The van der Waals surface area contributed by atoms with Crippen molar-refractivity contribution in [2.45, 2.75) is 58.9 Å². The Bertz CT molecular complexity index is 349. The van der Waals surface area contributed by atoms with Gasteiger partial charge < -0.3 is 15.2 Å². The molecule has 20 heavy (non-hydrogen) atoms. The first-order valence-corrected chi connectivity index (χ1v) is 7.15. The summed E-state index contributed by atoms with van der Waals surface area (Å²) >= 11 is 0. The lowest BCUT2D eigenvalue weighted by Gasteiger charge is -2.41. The van der Waals surface area contributed by atoms with Crippen molar-refractivity contribution in [3.8, 4) is 0 Å². The Morgan fingerprint density at radius 2 is 1.70 bits per heavy atom. The van der Waals surface area contributed by atoms with Crippen LogP contribution in [0.4, 0.5) is 0 Å². The van der Waals surface area contributed by atoms with Crippen LogP contribution in [-0.4, -0.2) is 59.3 Å². The highest BCUT2D eigenvalue weighted by molar-refractivity contribution is 5.86. The third-order valence-electron chi connectivity index (χ3n) is 3.47. The van der Waals surface area contributed by atoms with Crippen LogP contribution in [0.15, 0.2) is 0 Å². The molecule has 0 aliphatic carbocycles. The zero-order valence-corrected chi connectivity index (χ0v) is 12.9. The number of nitrogens with zero attached hydrogens (tertiary/aromatic N) is 1. The second-order valence-corrected chi connectivity index (χ2v) is 5.97. The molecule has 1 amide bonds. The summed E-state index contributed by atoms with van der Waals surface area (Å²) < 4.78 is 5.68. The number of amides is 1. The predicted octanol–water partition coefficient (Wildman–Crippen LogP) is 0.710. The lowest BCUT2D eigenvalue weighted by atomic mass is 9.99. The molecule has 1 aliphatic heterocycles. The van der Waals surface area contributed by atoms with E-state index in [4.69, 9.17) is 9.84 Å². The normalized spacial score (nSPS) is 27.1. The Kier molecular flexibility index (Phi) is 5.95. The van der Waals surface area contributed by atoms with Gasteiger partial charge in [-0.05, 0) is 26.7 Å². The molecule has 2 N–H and O–H groups in total. The Labute approximate surface area is 120 Å². The van der Waals surface area contributed by atoms with Gasteiger partial charge in [-0.3, -0.25) is 14.5 Å². The molecule has 0 aromatic rings. The number of carbonyl (C=O) groups is 2. The molecule has 1 aliphatic rings. The van der Waals surface area contributed by atoms with Crippen molar-refractivity contribution < 1.29 is 19.4 Å². The zero-order chi connectivity index (χ0) is 15.4. The van der Waals surface area contributed by atoms with E-state index in [0.29, 0.717) is 13.1 Å². The van der Waals surface area contributed by atoms with Crippen LogP contribution in [-0.2, 0) is 14.3 Å². The maximum Gasteiger partial charge on any atom is 0.325 e. The average molecular weight is 286 g/mol. The highest BCUT2D eigenvalue weighted by Crippen LogP contribution is 2.18. The number of carboxylic acid groups (broad SMARTS) is 1. The van der Waals surface area contributed by atoms with Crippen LogP contribution in [0.3, 0.4) is 0 Å². The summed E-state index contributed by atoms with van der Waals surface area (Å²) in [5, 5.41) is 11.5. The first kappa shape index (κ1) is 16.9. The van der Waals surface area contributed by atoms with Gasteiger partial charge in [-0.15, -0.1) is 0 Å². The minimum atomic E-state index is -1.02. The number of ether oxygens (including phenoxy) is 1. The van der Waals surface area contributed by atoms with Gasteiger partial charge in [0.1, 0.15) is 6.04 Å². The van der Waals surface area contributed by atoms with Gasteiger partial charge in [-0.2, -0.15) is 0 Å². The fraction of sp³-hybridized carbons (Fsp3) is 0.857. The third-order valence-corrected chi connectivity index (χ3v) is 3.47. The van der Waals surface area contributed by atoms with Crippen molar-refractivity contribution in [1.29, 1.82) is 0 Å². The Balaban J connectivity index is 2.77. The van der Waals surface area contributed by atoms with Crippen molar-refractivity contribution >= 4 is 11.9 Å². The Morgan fingerprint density at radius 1 is 1.20 bits per heavy atom. The molecule has 1 rings (SSSR count). The molecule has 0 spiro atoms. The van der Waals surface area contributed by atoms with E-state index in [0.717, 1.165) is 0 Å². The monoisotopic (exact) mass is 286 g/mol. The number of aliphatic carboxylic acids is 1. The largest absolute Gasteiger partial charge is 0.480 e. The van der Waals surface area contributed by atoms with E-state index in [1.807, 2.05) is 27.7 Å². The fourth-order valence-electron chi connectivity index (χ4n) is 2.70. The maximum atomic E-state index is 12.4. The molecule has 1 fully saturated rings. The molecule has 1 heterocycles. The summed E-state index contributed by atoms with van der Waals surface area (Å²) in [5.74, 6) is -1.14. The van der Waals surface area contributed by atoms with E-state index in [1.165, 1.54) is 6.92 Å². The molecule has 0 radical (unpaired) electrons. The zero-order valence-electron chi connectivity index (χ0n) is 12.9. The van der Waals surface area contributed by atoms with Crippen molar-refractivity contribution in [1.82, 2.24) is 10.2 Å². The van der Waals surface area contributed by atoms with Crippen LogP contribution in [0.5, 0.6) is 0 Å². The van der Waals surface area contributed by atoms with Crippen LogP contribution in [0.25, 0.3) is 0 Å². The standard InChI is InChI=1S/C14H26N2O4/c1-8(2)12(13(17)15-11(5)14(18)19)16-6-9(3)20-10(4)7-16/h8-12H,6-7H2,1-5H3,(H,15,17)(H,18,19)/t9-,10+,11-,12+/m0/s1. The summed E-state index contributed by atoms with van der Waals surface area (Å²) in [6.45, 7) is 10.8. The molecule has 4 atom stereocenters. The fourth-order valence-corrected chi connectivity index (χ4v) is 2.70. The molecule has 6 nitrogen and oxygen atoms in total. The molecule has 0 aromatic carbocycles. The first-order chi connectivity index (χ1) is 9.22. The van der Waals surface area contributed by atoms with E-state index in [9.17, 15) is 9.59 Å². The van der Waals surface area contributed by atoms with Gasteiger partial charge in [0.05, 0.1) is 18.2 Å². The number of hydrogen-bond donors (Lipinski definition) is 2. The van der Waals surface area contributed by atoms with Crippen LogP contribution in [0.2, 0.25) is 0 Å². The van der Waals surface area contributed by atoms with Crippen LogP contribution in [0.1, 0.15) is 34.6 Å². The van der Waals surface area contributed by atoms with Crippen LogP contribution >= 0.6 is 0 Å². The van der Waals surface area contributed by atoms with E-state index >= 15 is 0 Å². The van der Waals surface area contributed by atoms with Gasteiger partial charge in [0, 0.05) is 13.1 Å². The van der Waals surface area contributed by atoms with Gasteiger partial charge in [0.2, 0.25) is 5.91 Å². The molecule has 0 saturated carbocycles.